The average molecular weight is 344 g/mol. The normalized spacial score (nSPS) is 16.2. The van der Waals surface area contributed by atoms with Crippen molar-refractivity contribution in [2.75, 3.05) is 18.5 Å². The van der Waals surface area contributed by atoms with E-state index in [0.29, 0.717) is 30.4 Å². The third-order valence-corrected chi connectivity index (χ3v) is 4.23. The molecule has 1 saturated heterocycles. The minimum atomic E-state index is -0.549. The van der Waals surface area contributed by atoms with Gasteiger partial charge in [0.2, 0.25) is 5.91 Å². The Bertz CT molecular complexity index is 715. The van der Waals surface area contributed by atoms with Gasteiger partial charge in [0, 0.05) is 25.0 Å². The summed E-state index contributed by atoms with van der Waals surface area (Å²) in [6, 6.07) is 12.2. The fourth-order valence-corrected chi connectivity index (χ4v) is 2.79. The molecule has 5 nitrogen and oxygen atoms in total. The number of ether oxygens (including phenoxy) is 2. The topological polar surface area (TPSA) is 73.6 Å². The molecule has 0 saturated carbocycles. The number of anilines is 1. The van der Waals surface area contributed by atoms with E-state index in [1.807, 2.05) is 0 Å². The Labute approximate surface area is 145 Å². The van der Waals surface area contributed by atoms with Gasteiger partial charge in [0.05, 0.1) is 6.04 Å². The molecule has 1 amide bonds. The van der Waals surface area contributed by atoms with E-state index in [-0.39, 0.29) is 17.6 Å². The van der Waals surface area contributed by atoms with E-state index in [1.54, 1.807) is 36.4 Å². The molecule has 25 heavy (non-hydrogen) atoms. The van der Waals surface area contributed by atoms with Gasteiger partial charge in [-0.1, -0.05) is 6.07 Å². The Morgan fingerprint density at radius 3 is 2.56 bits per heavy atom. The van der Waals surface area contributed by atoms with Crippen LogP contribution in [0, 0.1) is 11.7 Å². The molecule has 3 N–H and O–H groups in total. The van der Waals surface area contributed by atoms with Crippen LogP contribution in [0.2, 0.25) is 0 Å². The molecule has 1 aliphatic heterocycles. The number of nitrogens with two attached hydrogens (primary N) is 1. The number of nitrogens with one attached hydrogen (secondary N) is 1. The Hall–Kier alpha value is -2.44. The molecule has 2 aromatic carbocycles. The fourth-order valence-electron chi connectivity index (χ4n) is 2.79. The first-order chi connectivity index (χ1) is 12.1. The summed E-state index contributed by atoms with van der Waals surface area (Å²) in [4.78, 5) is 12.3. The van der Waals surface area contributed by atoms with Gasteiger partial charge in [-0.2, -0.15) is 0 Å². The summed E-state index contributed by atoms with van der Waals surface area (Å²) in [5.74, 6) is 0.550. The van der Waals surface area contributed by atoms with Gasteiger partial charge in [0.25, 0.3) is 0 Å². The van der Waals surface area contributed by atoms with Crippen molar-refractivity contribution in [2.24, 2.45) is 11.7 Å². The van der Waals surface area contributed by atoms with E-state index in [9.17, 15) is 9.18 Å². The maximum atomic E-state index is 13.2. The number of hydrogen-bond donors (Lipinski definition) is 2. The highest BCUT2D eigenvalue weighted by molar-refractivity contribution is 5.94. The van der Waals surface area contributed by atoms with Crippen LogP contribution >= 0.6 is 0 Å². The maximum Gasteiger partial charge on any atom is 0.241 e. The van der Waals surface area contributed by atoms with Crippen LogP contribution in [-0.4, -0.2) is 25.2 Å². The number of amides is 1. The highest BCUT2D eigenvalue weighted by Gasteiger charge is 2.26. The Kier molecular flexibility index (Phi) is 5.63. The summed E-state index contributed by atoms with van der Waals surface area (Å²) >= 11 is 0. The number of carbonyl (C=O) groups excluding carboxylic acids is 1. The van der Waals surface area contributed by atoms with Crippen LogP contribution in [0.25, 0.3) is 0 Å². The van der Waals surface area contributed by atoms with E-state index in [1.165, 1.54) is 12.1 Å². The number of rotatable bonds is 5. The van der Waals surface area contributed by atoms with E-state index in [2.05, 4.69) is 5.32 Å². The van der Waals surface area contributed by atoms with Crippen LogP contribution in [0.3, 0.4) is 0 Å². The zero-order valence-electron chi connectivity index (χ0n) is 13.8. The summed E-state index contributed by atoms with van der Waals surface area (Å²) < 4.78 is 24.0. The monoisotopic (exact) mass is 344 g/mol. The third kappa shape index (κ3) is 4.78. The van der Waals surface area contributed by atoms with Gasteiger partial charge in [-0.05, 0) is 55.2 Å². The molecular weight excluding hydrogens is 323 g/mol. The average Bonchev–Trinajstić information content (AvgIpc) is 2.63. The van der Waals surface area contributed by atoms with Crippen LogP contribution in [0.4, 0.5) is 10.1 Å². The second-order valence-electron chi connectivity index (χ2n) is 6.05. The molecule has 1 atom stereocenters. The van der Waals surface area contributed by atoms with E-state index in [0.717, 1.165) is 12.8 Å². The van der Waals surface area contributed by atoms with E-state index >= 15 is 0 Å². The van der Waals surface area contributed by atoms with E-state index in [4.69, 9.17) is 15.2 Å². The molecule has 0 spiro atoms. The van der Waals surface area contributed by atoms with Crippen molar-refractivity contribution in [3.8, 4) is 11.5 Å². The van der Waals surface area contributed by atoms with Crippen molar-refractivity contribution in [1.82, 2.24) is 0 Å². The summed E-state index contributed by atoms with van der Waals surface area (Å²) in [6.07, 6.45) is 1.60. The molecule has 1 heterocycles. The first kappa shape index (κ1) is 17.4. The van der Waals surface area contributed by atoms with Crippen molar-refractivity contribution in [2.45, 2.75) is 18.9 Å². The number of carbonyl (C=O) groups is 1. The van der Waals surface area contributed by atoms with Crippen LogP contribution in [0.1, 0.15) is 12.8 Å². The molecule has 3 rings (SSSR count). The lowest BCUT2D eigenvalue weighted by Crippen LogP contribution is -2.43. The lowest BCUT2D eigenvalue weighted by Gasteiger charge is -2.26. The van der Waals surface area contributed by atoms with Crippen LogP contribution < -0.4 is 15.8 Å². The van der Waals surface area contributed by atoms with Crippen molar-refractivity contribution in [3.63, 3.8) is 0 Å². The van der Waals surface area contributed by atoms with Crippen molar-refractivity contribution in [1.29, 1.82) is 0 Å². The first-order valence-corrected chi connectivity index (χ1v) is 8.29. The Balaban J connectivity index is 1.57. The Morgan fingerprint density at radius 2 is 1.88 bits per heavy atom. The molecular formula is C19H21FN2O3. The second kappa shape index (κ2) is 8.09. The standard InChI is InChI=1S/C19H21FN2O3/c20-14-2-1-3-17(12-14)25-16-6-4-15(5-7-16)22-19(23)18(21)13-8-10-24-11-9-13/h1-7,12-13,18H,8-11,21H2,(H,22,23). The zero-order valence-corrected chi connectivity index (χ0v) is 13.8. The van der Waals surface area contributed by atoms with Gasteiger partial charge in [0.1, 0.15) is 17.3 Å². The minimum Gasteiger partial charge on any atom is -0.457 e. The maximum absolute atomic E-state index is 13.2. The van der Waals surface area contributed by atoms with Gasteiger partial charge < -0.3 is 20.5 Å². The largest absolute Gasteiger partial charge is 0.457 e. The molecule has 132 valence electrons. The quantitative estimate of drug-likeness (QED) is 0.873. The molecule has 0 radical (unpaired) electrons. The predicted molar refractivity (Wildman–Crippen MR) is 93.1 cm³/mol. The Morgan fingerprint density at radius 1 is 1.16 bits per heavy atom. The first-order valence-electron chi connectivity index (χ1n) is 8.29. The summed E-state index contributed by atoms with van der Waals surface area (Å²) in [7, 11) is 0. The minimum absolute atomic E-state index is 0.143. The molecule has 6 heteroatoms. The molecule has 2 aromatic rings. The van der Waals surface area contributed by atoms with Gasteiger partial charge in [0.15, 0.2) is 0 Å². The highest BCUT2D eigenvalue weighted by atomic mass is 19.1. The summed E-state index contributed by atoms with van der Waals surface area (Å²) in [5.41, 5.74) is 6.70. The SMILES string of the molecule is NC(C(=O)Nc1ccc(Oc2cccc(F)c2)cc1)C1CCOCC1. The predicted octanol–water partition coefficient (Wildman–Crippen LogP) is 3.31. The van der Waals surface area contributed by atoms with Crippen molar-refractivity contribution in [3.05, 3.63) is 54.3 Å². The fraction of sp³-hybridized carbons (Fsp3) is 0.316. The van der Waals surface area contributed by atoms with Gasteiger partial charge in [-0.15, -0.1) is 0 Å². The molecule has 0 bridgehead atoms. The summed E-state index contributed by atoms with van der Waals surface area (Å²) in [5, 5.41) is 2.82. The lowest BCUT2D eigenvalue weighted by molar-refractivity contribution is -0.119. The molecule has 0 aliphatic carbocycles. The van der Waals surface area contributed by atoms with E-state index < -0.39 is 6.04 Å². The molecule has 0 aromatic heterocycles. The zero-order chi connectivity index (χ0) is 17.6. The third-order valence-electron chi connectivity index (χ3n) is 4.23. The number of hydrogen-bond acceptors (Lipinski definition) is 4. The molecule has 1 aliphatic rings. The lowest BCUT2D eigenvalue weighted by atomic mass is 9.92. The van der Waals surface area contributed by atoms with Crippen molar-refractivity contribution >= 4 is 11.6 Å². The molecule has 1 fully saturated rings. The highest BCUT2D eigenvalue weighted by Crippen LogP contribution is 2.24. The van der Waals surface area contributed by atoms with Gasteiger partial charge in [-0.3, -0.25) is 4.79 Å². The summed E-state index contributed by atoms with van der Waals surface area (Å²) in [6.45, 7) is 1.30. The smallest absolute Gasteiger partial charge is 0.241 e. The van der Waals surface area contributed by atoms with Gasteiger partial charge in [-0.25, -0.2) is 4.39 Å². The second-order valence-corrected chi connectivity index (χ2v) is 6.05. The van der Waals surface area contributed by atoms with Crippen LogP contribution in [0.15, 0.2) is 48.5 Å². The number of benzene rings is 2. The number of halogens is 1. The van der Waals surface area contributed by atoms with Crippen LogP contribution in [0.5, 0.6) is 11.5 Å². The van der Waals surface area contributed by atoms with Gasteiger partial charge >= 0.3 is 0 Å². The van der Waals surface area contributed by atoms with Crippen molar-refractivity contribution < 1.29 is 18.7 Å². The molecule has 1 unspecified atom stereocenters. The van der Waals surface area contributed by atoms with Crippen LogP contribution in [-0.2, 0) is 9.53 Å².